The lowest BCUT2D eigenvalue weighted by Crippen LogP contribution is -2.25. The van der Waals surface area contributed by atoms with Gasteiger partial charge in [-0.25, -0.2) is 4.84 Å². The summed E-state index contributed by atoms with van der Waals surface area (Å²) in [5, 5.41) is 16.0. The van der Waals surface area contributed by atoms with Crippen molar-refractivity contribution >= 4 is 0 Å². The van der Waals surface area contributed by atoms with Crippen LogP contribution in [0.3, 0.4) is 0 Å². The zero-order chi connectivity index (χ0) is 7.98. The van der Waals surface area contributed by atoms with Crippen molar-refractivity contribution in [1.82, 2.24) is 5.39 Å². The van der Waals surface area contributed by atoms with Crippen molar-refractivity contribution in [2.24, 2.45) is 0 Å². The molecule has 1 unspecified atom stereocenters. The van der Waals surface area contributed by atoms with Crippen LogP contribution in [0.15, 0.2) is 0 Å². The van der Waals surface area contributed by atoms with Crippen LogP contribution in [0.2, 0.25) is 0 Å². The predicted octanol–water partition coefficient (Wildman–Crippen LogP) is 0.423. The molecule has 0 spiro atoms. The van der Waals surface area contributed by atoms with E-state index in [0.29, 0.717) is 13.2 Å². The van der Waals surface area contributed by atoms with E-state index < -0.39 is 0 Å². The smallest absolute Gasteiger partial charge is 0.105 e. The Bertz CT molecular complexity index is 78.0. The molecule has 0 saturated carbocycles. The average Bonchev–Trinajstić information content (AvgIpc) is 1.82. The minimum atomic E-state index is -0.352. The summed E-state index contributed by atoms with van der Waals surface area (Å²) < 4.78 is 4.92. The van der Waals surface area contributed by atoms with E-state index in [1.54, 1.807) is 6.92 Å². The summed E-state index contributed by atoms with van der Waals surface area (Å²) in [5.74, 6) is 0. The lowest BCUT2D eigenvalue weighted by atomic mass is 10.4. The molecule has 0 fully saturated rings. The maximum Gasteiger partial charge on any atom is 0.105 e. The normalized spacial score (nSPS) is 14.1. The monoisotopic (exact) mass is 151 g/mol. The summed E-state index contributed by atoms with van der Waals surface area (Å²) in [5.41, 5.74) is 0. The van der Waals surface area contributed by atoms with E-state index in [1.165, 1.54) is 0 Å². The summed E-state index contributed by atoms with van der Waals surface area (Å²) in [6.07, 6.45) is -0.352. The van der Waals surface area contributed by atoms with Crippen molar-refractivity contribution in [2.45, 2.75) is 20.0 Å². The molecule has 0 radical (unpaired) electrons. The van der Waals surface area contributed by atoms with Gasteiger partial charge >= 0.3 is 0 Å². The first-order valence-electron chi connectivity index (χ1n) is 3.09. The molecule has 0 aromatic rings. The van der Waals surface area contributed by atoms with Gasteiger partial charge in [-0.3, -0.25) is 10.4 Å². The molecule has 0 heterocycles. The van der Waals surface area contributed by atoms with E-state index in [2.05, 4.69) is 4.84 Å². The first-order chi connectivity index (χ1) is 4.66. The minimum Gasteiger partial charge on any atom is -0.379 e. The van der Waals surface area contributed by atoms with Crippen LogP contribution in [0.25, 0.3) is 0 Å². The quantitative estimate of drug-likeness (QED) is 0.558. The highest BCUT2D eigenvalue weighted by molar-refractivity contribution is 4.41. The summed E-state index contributed by atoms with van der Waals surface area (Å²) in [4.78, 5) is 4.37. The molecule has 0 aliphatic carbocycles. The molecular formula is C5H13NO4. The fraction of sp³-hybridized carbons (Fsp3) is 1.00. The predicted molar refractivity (Wildman–Crippen MR) is 32.5 cm³/mol. The van der Waals surface area contributed by atoms with Crippen molar-refractivity contribution in [3.63, 3.8) is 0 Å². The van der Waals surface area contributed by atoms with Gasteiger partial charge < -0.3 is 4.74 Å². The fourth-order valence-corrected chi connectivity index (χ4v) is 0.475. The Morgan fingerprint density at radius 1 is 1.50 bits per heavy atom. The molecule has 62 valence electrons. The van der Waals surface area contributed by atoms with Crippen LogP contribution in [0, 0.1) is 0 Å². The molecule has 0 aliphatic heterocycles. The number of rotatable bonds is 5. The first kappa shape index (κ1) is 9.80. The largest absolute Gasteiger partial charge is 0.379 e. The van der Waals surface area contributed by atoms with Crippen LogP contribution < -0.4 is 0 Å². The van der Waals surface area contributed by atoms with Crippen molar-refractivity contribution in [3.8, 4) is 0 Å². The summed E-state index contributed by atoms with van der Waals surface area (Å²) >= 11 is 0. The topological polar surface area (TPSA) is 62.2 Å². The van der Waals surface area contributed by atoms with Gasteiger partial charge in [0.25, 0.3) is 0 Å². The van der Waals surface area contributed by atoms with Crippen LogP contribution in [0.4, 0.5) is 0 Å². The number of hydrogen-bond acceptors (Lipinski definition) is 5. The van der Waals surface area contributed by atoms with Gasteiger partial charge in [0, 0.05) is 6.61 Å². The Morgan fingerprint density at radius 3 is 2.50 bits per heavy atom. The van der Waals surface area contributed by atoms with E-state index in [4.69, 9.17) is 15.2 Å². The van der Waals surface area contributed by atoms with Gasteiger partial charge in [-0.15, -0.1) is 0 Å². The molecule has 1 atom stereocenters. The van der Waals surface area contributed by atoms with E-state index in [1.807, 2.05) is 6.92 Å². The summed E-state index contributed by atoms with van der Waals surface area (Å²) in [6, 6.07) is 0. The second kappa shape index (κ2) is 5.57. The fourth-order valence-electron chi connectivity index (χ4n) is 0.475. The third kappa shape index (κ3) is 5.93. The van der Waals surface area contributed by atoms with Gasteiger partial charge in [0.05, 0.1) is 12.0 Å². The van der Waals surface area contributed by atoms with Gasteiger partial charge in [-0.1, -0.05) is 0 Å². The van der Waals surface area contributed by atoms with E-state index in [0.717, 1.165) is 0 Å². The summed E-state index contributed by atoms with van der Waals surface area (Å²) in [6.45, 7) is 4.44. The molecule has 10 heavy (non-hydrogen) atoms. The second-order valence-electron chi connectivity index (χ2n) is 1.83. The third-order valence-corrected chi connectivity index (χ3v) is 0.831. The minimum absolute atomic E-state index is 0.316. The summed E-state index contributed by atoms with van der Waals surface area (Å²) in [7, 11) is 0. The maximum absolute atomic E-state index is 8.13. The van der Waals surface area contributed by atoms with Crippen molar-refractivity contribution in [1.29, 1.82) is 0 Å². The van der Waals surface area contributed by atoms with Gasteiger partial charge in [0.15, 0.2) is 0 Å². The Labute approximate surface area is 59.6 Å². The lowest BCUT2D eigenvalue weighted by Gasteiger charge is -2.13. The van der Waals surface area contributed by atoms with E-state index in [-0.39, 0.29) is 11.5 Å². The zero-order valence-electron chi connectivity index (χ0n) is 6.15. The van der Waals surface area contributed by atoms with Gasteiger partial charge in [0.2, 0.25) is 0 Å². The highest BCUT2D eigenvalue weighted by Crippen LogP contribution is 1.92. The first-order valence-corrected chi connectivity index (χ1v) is 3.09. The Morgan fingerprint density at radius 2 is 2.10 bits per heavy atom. The molecule has 0 aromatic heterocycles. The van der Waals surface area contributed by atoms with Crippen LogP contribution in [-0.2, 0) is 9.57 Å². The van der Waals surface area contributed by atoms with Gasteiger partial charge in [0.1, 0.15) is 6.10 Å². The van der Waals surface area contributed by atoms with Crippen molar-refractivity contribution in [3.05, 3.63) is 0 Å². The number of nitrogens with zero attached hydrogens (tertiary/aromatic N) is 1. The molecule has 5 nitrogen and oxygen atoms in total. The van der Waals surface area contributed by atoms with Gasteiger partial charge in [-0.05, 0) is 13.8 Å². The molecule has 2 N–H and O–H groups in total. The molecule has 0 saturated heterocycles. The van der Waals surface area contributed by atoms with Crippen LogP contribution in [-0.4, -0.2) is 35.1 Å². The zero-order valence-corrected chi connectivity index (χ0v) is 6.15. The Hall–Kier alpha value is -0.200. The number of hydrogen-bond donors (Lipinski definition) is 2. The van der Waals surface area contributed by atoms with E-state index >= 15 is 0 Å². The Balaban J connectivity index is 3.16. The van der Waals surface area contributed by atoms with Crippen LogP contribution in [0.5, 0.6) is 0 Å². The number of ether oxygens (including phenoxy) is 1. The molecule has 0 rings (SSSR count). The highest BCUT2D eigenvalue weighted by atomic mass is 17.1. The molecule has 0 aliphatic rings. The molecular weight excluding hydrogens is 138 g/mol. The molecule has 0 aromatic carbocycles. The van der Waals surface area contributed by atoms with Crippen molar-refractivity contribution in [2.75, 3.05) is 13.2 Å². The average molecular weight is 151 g/mol. The van der Waals surface area contributed by atoms with Crippen LogP contribution >= 0.6 is 0 Å². The highest BCUT2D eigenvalue weighted by Gasteiger charge is 2.04. The molecule has 0 bridgehead atoms. The lowest BCUT2D eigenvalue weighted by molar-refractivity contribution is -0.504. The third-order valence-electron chi connectivity index (χ3n) is 0.831. The van der Waals surface area contributed by atoms with Crippen molar-refractivity contribution < 1.29 is 20.0 Å². The Kier molecular flexibility index (Phi) is 5.46. The standard InChI is InChI=1S/C5H13NO4/c1-3-9-4-5(2)10-6(7)8/h5,7-8H,3-4H2,1-2H3. The molecule has 5 heteroatoms. The maximum atomic E-state index is 8.13. The molecule has 0 amide bonds. The van der Waals surface area contributed by atoms with E-state index in [9.17, 15) is 0 Å². The van der Waals surface area contributed by atoms with Gasteiger partial charge in [-0.2, -0.15) is 0 Å². The second-order valence-corrected chi connectivity index (χ2v) is 1.83. The SMILES string of the molecule is CCOCC(C)ON(O)O. The van der Waals surface area contributed by atoms with Crippen LogP contribution in [0.1, 0.15) is 13.8 Å².